The molecule has 5 heteroatoms. The van der Waals surface area contributed by atoms with Gasteiger partial charge >= 0.3 is 0 Å². The van der Waals surface area contributed by atoms with Crippen molar-refractivity contribution in [1.29, 1.82) is 0 Å². The molecule has 0 aliphatic carbocycles. The first-order valence-electron chi connectivity index (χ1n) is 5.42. The van der Waals surface area contributed by atoms with Crippen LogP contribution in [0.4, 0.5) is 0 Å². The Morgan fingerprint density at radius 3 is 2.73 bits per heavy atom. The maximum atomic E-state index is 4.41. The number of likely N-dealkylation sites (N-methyl/N-ethyl adjacent to an activating group) is 2. The topological polar surface area (TPSA) is 43.2 Å². The van der Waals surface area contributed by atoms with Crippen molar-refractivity contribution in [3.63, 3.8) is 0 Å². The molecule has 2 aliphatic heterocycles. The predicted molar refractivity (Wildman–Crippen MR) is 62.5 cm³/mol. The lowest BCUT2D eigenvalue weighted by molar-refractivity contribution is 0.393. The first-order chi connectivity index (χ1) is 7.18. The summed E-state index contributed by atoms with van der Waals surface area (Å²) in [6.07, 6.45) is 0. The zero-order valence-corrected chi connectivity index (χ0v) is 9.69. The van der Waals surface area contributed by atoms with Gasteiger partial charge in [-0.05, 0) is 6.92 Å². The molecule has 0 radical (unpaired) electrons. The second-order valence-corrected chi connectivity index (χ2v) is 4.16. The first kappa shape index (κ1) is 10.3. The van der Waals surface area contributed by atoms with Gasteiger partial charge in [0.15, 0.2) is 5.96 Å². The second kappa shape index (κ2) is 4.08. The van der Waals surface area contributed by atoms with Crippen molar-refractivity contribution in [2.45, 2.75) is 13.0 Å². The van der Waals surface area contributed by atoms with Gasteiger partial charge < -0.3 is 15.1 Å². The van der Waals surface area contributed by atoms with Crippen LogP contribution in [0.15, 0.2) is 9.98 Å². The SMILES string of the molecule is CC1=NCC(CNC2=NCCN2C)N1C. The molecule has 1 N–H and O–H groups in total. The number of aliphatic imine (C=N–C) groups is 2. The van der Waals surface area contributed by atoms with E-state index in [9.17, 15) is 0 Å². The van der Waals surface area contributed by atoms with Crippen molar-refractivity contribution >= 4 is 11.8 Å². The monoisotopic (exact) mass is 209 g/mol. The molecule has 0 aromatic rings. The summed E-state index contributed by atoms with van der Waals surface area (Å²) in [6, 6.07) is 0.474. The molecule has 15 heavy (non-hydrogen) atoms. The molecule has 84 valence electrons. The molecule has 0 spiro atoms. The molecule has 0 aromatic carbocycles. The van der Waals surface area contributed by atoms with Gasteiger partial charge in [0, 0.05) is 27.2 Å². The summed E-state index contributed by atoms with van der Waals surface area (Å²) in [7, 11) is 4.16. The molecule has 1 unspecified atom stereocenters. The standard InChI is InChI=1S/C10H19N5/c1-8-12-6-9(15(8)3)7-13-10-11-4-5-14(10)2/h9H,4-7H2,1-3H3,(H,11,13). The fourth-order valence-corrected chi connectivity index (χ4v) is 1.87. The third kappa shape index (κ3) is 2.06. The number of nitrogens with zero attached hydrogens (tertiary/aromatic N) is 4. The van der Waals surface area contributed by atoms with E-state index in [2.05, 4.69) is 46.1 Å². The van der Waals surface area contributed by atoms with Gasteiger partial charge in [0.25, 0.3) is 0 Å². The highest BCUT2D eigenvalue weighted by atomic mass is 15.3. The quantitative estimate of drug-likeness (QED) is 0.673. The van der Waals surface area contributed by atoms with Crippen molar-refractivity contribution in [2.24, 2.45) is 9.98 Å². The summed E-state index contributed by atoms with van der Waals surface area (Å²) in [4.78, 5) is 13.2. The summed E-state index contributed by atoms with van der Waals surface area (Å²) < 4.78 is 0. The minimum Gasteiger partial charge on any atom is -0.357 e. The van der Waals surface area contributed by atoms with Crippen LogP contribution in [0.2, 0.25) is 0 Å². The number of nitrogens with one attached hydrogen (secondary N) is 1. The highest BCUT2D eigenvalue weighted by molar-refractivity contribution is 5.82. The zero-order chi connectivity index (χ0) is 10.8. The van der Waals surface area contributed by atoms with Gasteiger partial charge in [0.1, 0.15) is 0 Å². The van der Waals surface area contributed by atoms with Crippen molar-refractivity contribution in [2.75, 3.05) is 40.3 Å². The molecule has 0 saturated carbocycles. The molecule has 0 saturated heterocycles. The molecule has 5 nitrogen and oxygen atoms in total. The van der Waals surface area contributed by atoms with Crippen LogP contribution < -0.4 is 5.32 Å². The Morgan fingerprint density at radius 2 is 2.20 bits per heavy atom. The molecular formula is C10H19N5. The fourth-order valence-electron chi connectivity index (χ4n) is 1.87. The van der Waals surface area contributed by atoms with Crippen LogP contribution in [0, 0.1) is 0 Å². The van der Waals surface area contributed by atoms with E-state index in [0.717, 1.165) is 38.0 Å². The third-order valence-electron chi connectivity index (χ3n) is 3.14. The van der Waals surface area contributed by atoms with Crippen LogP contribution >= 0.6 is 0 Å². The van der Waals surface area contributed by atoms with E-state index < -0.39 is 0 Å². The van der Waals surface area contributed by atoms with E-state index in [1.165, 1.54) is 0 Å². The van der Waals surface area contributed by atoms with Crippen LogP contribution in [0.25, 0.3) is 0 Å². The lowest BCUT2D eigenvalue weighted by Gasteiger charge is -2.24. The van der Waals surface area contributed by atoms with E-state index in [0.29, 0.717) is 6.04 Å². The number of guanidine groups is 1. The fraction of sp³-hybridized carbons (Fsp3) is 0.800. The molecule has 1 atom stereocenters. The second-order valence-electron chi connectivity index (χ2n) is 4.16. The smallest absolute Gasteiger partial charge is 0.193 e. The third-order valence-corrected chi connectivity index (χ3v) is 3.14. The molecule has 0 aromatic heterocycles. The van der Waals surface area contributed by atoms with Gasteiger partial charge in [-0.1, -0.05) is 0 Å². The number of hydrogen-bond acceptors (Lipinski definition) is 5. The molecule has 0 bridgehead atoms. The van der Waals surface area contributed by atoms with E-state index in [-0.39, 0.29) is 0 Å². The molecule has 2 rings (SSSR count). The Morgan fingerprint density at radius 1 is 1.40 bits per heavy atom. The Hall–Kier alpha value is -1.26. The number of rotatable bonds is 2. The van der Waals surface area contributed by atoms with Gasteiger partial charge in [-0.3, -0.25) is 9.98 Å². The van der Waals surface area contributed by atoms with Crippen LogP contribution in [0.3, 0.4) is 0 Å². The van der Waals surface area contributed by atoms with E-state index in [1.807, 2.05) is 0 Å². The van der Waals surface area contributed by atoms with E-state index in [4.69, 9.17) is 0 Å². The Balaban J connectivity index is 1.80. The molecule has 2 heterocycles. The van der Waals surface area contributed by atoms with Crippen molar-refractivity contribution in [3.05, 3.63) is 0 Å². The Kier molecular flexibility index (Phi) is 2.79. The maximum Gasteiger partial charge on any atom is 0.193 e. The summed E-state index contributed by atoms with van der Waals surface area (Å²) in [5.41, 5.74) is 0. The van der Waals surface area contributed by atoms with Gasteiger partial charge in [-0.15, -0.1) is 0 Å². The number of hydrogen-bond donors (Lipinski definition) is 1. The maximum absolute atomic E-state index is 4.41. The minimum atomic E-state index is 0.474. The van der Waals surface area contributed by atoms with Crippen molar-refractivity contribution in [1.82, 2.24) is 15.1 Å². The highest BCUT2D eigenvalue weighted by Crippen LogP contribution is 2.06. The van der Waals surface area contributed by atoms with E-state index in [1.54, 1.807) is 0 Å². The van der Waals surface area contributed by atoms with Gasteiger partial charge in [0.05, 0.1) is 25.0 Å². The first-order valence-corrected chi connectivity index (χ1v) is 5.42. The lowest BCUT2D eigenvalue weighted by atomic mass is 10.3. The average molecular weight is 209 g/mol. The molecule has 0 amide bonds. The average Bonchev–Trinajstić information content (AvgIpc) is 2.74. The summed E-state index contributed by atoms with van der Waals surface area (Å²) in [6.45, 7) is 5.80. The Labute approximate surface area is 90.9 Å². The lowest BCUT2D eigenvalue weighted by Crippen LogP contribution is -2.45. The van der Waals surface area contributed by atoms with Gasteiger partial charge in [-0.2, -0.15) is 0 Å². The molecule has 0 fully saturated rings. The highest BCUT2D eigenvalue weighted by Gasteiger charge is 2.22. The largest absolute Gasteiger partial charge is 0.357 e. The minimum absolute atomic E-state index is 0.474. The summed E-state index contributed by atoms with van der Waals surface area (Å²) in [5, 5.41) is 3.39. The normalized spacial score (nSPS) is 25.7. The molecule has 2 aliphatic rings. The van der Waals surface area contributed by atoms with Gasteiger partial charge in [0.2, 0.25) is 0 Å². The van der Waals surface area contributed by atoms with Crippen LogP contribution in [0.5, 0.6) is 0 Å². The van der Waals surface area contributed by atoms with Crippen molar-refractivity contribution in [3.8, 4) is 0 Å². The molecular weight excluding hydrogens is 190 g/mol. The Bertz CT molecular complexity index is 296. The van der Waals surface area contributed by atoms with E-state index >= 15 is 0 Å². The summed E-state index contributed by atoms with van der Waals surface area (Å²) in [5.74, 6) is 2.15. The van der Waals surface area contributed by atoms with Crippen LogP contribution in [-0.4, -0.2) is 67.9 Å². The predicted octanol–water partition coefficient (Wildman–Crippen LogP) is -0.390. The summed E-state index contributed by atoms with van der Waals surface area (Å²) >= 11 is 0. The zero-order valence-electron chi connectivity index (χ0n) is 9.69. The van der Waals surface area contributed by atoms with Crippen LogP contribution in [0.1, 0.15) is 6.92 Å². The number of amidine groups is 1. The van der Waals surface area contributed by atoms with Crippen molar-refractivity contribution < 1.29 is 0 Å². The van der Waals surface area contributed by atoms with Crippen LogP contribution in [-0.2, 0) is 0 Å². The van der Waals surface area contributed by atoms with Gasteiger partial charge in [-0.25, -0.2) is 0 Å².